The molecular formula is C62H54BN2O. The Balaban J connectivity index is 1.11. The fraction of sp³-hybridized carbons (Fsp3) is 0.226. The molecule has 1 N–H and O–H groups in total. The molecule has 321 valence electrons. The normalized spacial score (nSPS) is 15.2. The van der Waals surface area contributed by atoms with Crippen LogP contribution in [0.25, 0.3) is 82.8 Å². The Morgan fingerprint density at radius 3 is 1.94 bits per heavy atom. The van der Waals surface area contributed by atoms with Crippen LogP contribution in [-0.2, 0) is 21.7 Å². The lowest BCUT2D eigenvalue weighted by Gasteiger charge is -2.28. The van der Waals surface area contributed by atoms with E-state index in [-0.39, 0.29) is 21.7 Å². The largest absolute Gasteiger partial charge is 0.456 e. The number of fused-ring (bicyclic) bond motifs is 15. The second-order valence-corrected chi connectivity index (χ2v) is 22.5. The Hall–Kier alpha value is -6.78. The molecule has 0 saturated heterocycles. The third kappa shape index (κ3) is 5.33. The van der Waals surface area contributed by atoms with Crippen molar-refractivity contribution >= 4 is 73.3 Å². The number of hydrogen-bond donors (Lipinski definition) is 1. The molecule has 0 amide bonds. The van der Waals surface area contributed by atoms with Gasteiger partial charge in [0, 0.05) is 60.5 Å². The molecule has 2 aliphatic carbocycles. The molecule has 0 unspecified atom stereocenters. The third-order valence-corrected chi connectivity index (χ3v) is 15.7. The highest BCUT2D eigenvalue weighted by molar-refractivity contribution is 6.73. The zero-order valence-corrected chi connectivity index (χ0v) is 39.7. The first-order valence-corrected chi connectivity index (χ1v) is 23.8. The van der Waals surface area contributed by atoms with Crippen molar-refractivity contribution in [2.45, 2.75) is 90.9 Å². The summed E-state index contributed by atoms with van der Waals surface area (Å²) >= 11 is 0. The van der Waals surface area contributed by atoms with Crippen molar-refractivity contribution in [1.82, 2.24) is 4.57 Å². The van der Waals surface area contributed by atoms with Crippen LogP contribution in [0.5, 0.6) is 0 Å². The van der Waals surface area contributed by atoms with Crippen LogP contribution in [0.3, 0.4) is 0 Å². The lowest BCUT2D eigenvalue weighted by Crippen LogP contribution is -2.38. The Bertz CT molecular complexity index is 3770. The summed E-state index contributed by atoms with van der Waals surface area (Å²) in [5.74, 6) is 0. The maximum absolute atomic E-state index is 6.57. The highest BCUT2D eigenvalue weighted by atomic mass is 16.3. The zero-order chi connectivity index (χ0) is 45.4. The van der Waals surface area contributed by atoms with Gasteiger partial charge in [-0.2, -0.15) is 0 Å². The van der Waals surface area contributed by atoms with Crippen molar-refractivity contribution in [3.63, 3.8) is 0 Å². The fourth-order valence-electron chi connectivity index (χ4n) is 12.1. The monoisotopic (exact) mass is 853 g/mol. The summed E-state index contributed by atoms with van der Waals surface area (Å²) in [6.45, 7) is 23.4. The first-order valence-electron chi connectivity index (χ1n) is 23.8. The second kappa shape index (κ2) is 13.0. The van der Waals surface area contributed by atoms with Gasteiger partial charge in [0.2, 0.25) is 0 Å². The molecule has 0 saturated carbocycles. The number of rotatable bonds is 3. The molecule has 0 spiro atoms. The SMILES string of the molecule is CC(C)(C)c1ccc(Nc2cc3c(cc2-c2ccc4c5c6c(ccc5n5c4c2[B]c2cc4c(cc2-5)-c2ccccc2C4(C)C)oc2ccccc26)-c2ccc(C(C)(C)C)cc2C3(C)C)cc1. The molecule has 1 radical (unpaired) electrons. The Kier molecular flexibility index (Phi) is 7.78. The molecule has 3 nitrogen and oxygen atoms in total. The van der Waals surface area contributed by atoms with Gasteiger partial charge >= 0.3 is 0 Å². The number of anilines is 2. The molecule has 3 heterocycles. The topological polar surface area (TPSA) is 30.1 Å². The van der Waals surface area contributed by atoms with Gasteiger partial charge in [0.15, 0.2) is 7.28 Å². The van der Waals surface area contributed by atoms with Crippen molar-refractivity contribution < 1.29 is 4.42 Å². The van der Waals surface area contributed by atoms with E-state index in [1.54, 1.807) is 0 Å². The van der Waals surface area contributed by atoms with E-state index in [1.807, 2.05) is 0 Å². The number of hydrogen-bond acceptors (Lipinski definition) is 2. The summed E-state index contributed by atoms with van der Waals surface area (Å²) in [5, 5.41) is 8.81. The summed E-state index contributed by atoms with van der Waals surface area (Å²) < 4.78 is 9.15. The predicted molar refractivity (Wildman–Crippen MR) is 281 cm³/mol. The molecule has 66 heavy (non-hydrogen) atoms. The minimum absolute atomic E-state index is 0.0477. The van der Waals surface area contributed by atoms with Crippen LogP contribution < -0.4 is 16.2 Å². The fourth-order valence-corrected chi connectivity index (χ4v) is 12.1. The zero-order valence-electron chi connectivity index (χ0n) is 39.7. The average Bonchev–Trinajstić information content (AvgIpc) is 3.96. The number of benzene rings is 8. The number of nitrogens with zero attached hydrogens (tertiary/aromatic N) is 1. The quantitative estimate of drug-likeness (QED) is 0.180. The van der Waals surface area contributed by atoms with E-state index in [2.05, 4.69) is 226 Å². The minimum atomic E-state index is -0.184. The van der Waals surface area contributed by atoms with E-state index in [0.717, 1.165) is 27.9 Å². The maximum Gasteiger partial charge on any atom is 0.197 e. The van der Waals surface area contributed by atoms with Gasteiger partial charge < -0.3 is 14.3 Å². The van der Waals surface area contributed by atoms with Crippen LogP contribution >= 0.6 is 0 Å². The van der Waals surface area contributed by atoms with E-state index in [0.29, 0.717) is 0 Å². The van der Waals surface area contributed by atoms with Crippen molar-refractivity contribution in [3.05, 3.63) is 173 Å². The molecule has 13 rings (SSSR count). The number of nitrogens with one attached hydrogen (secondary N) is 1. The summed E-state index contributed by atoms with van der Waals surface area (Å²) in [7, 11) is 2.50. The highest BCUT2D eigenvalue weighted by Gasteiger charge is 2.40. The molecule has 10 aromatic rings. The standard InChI is InChI=1S/C62H54BN2O/c1-59(2,3)34-19-22-36(23-20-34)64-50-33-48-42(38-24-21-35(60(4,5)6)29-46(38)62(48,9)10)30-44(50)39-25-26-41-55-51(27-28-54-56(55)40-16-12-14-18-53(40)66-54)65-52-31-43-37-15-11-13-17-45(37)61(7,8)47(43)32-49(52)63-57(39)58(41)65/h11-33,64H,1-10H3. The molecule has 4 heteroatoms. The van der Waals surface area contributed by atoms with Gasteiger partial charge in [0.1, 0.15) is 11.2 Å². The maximum atomic E-state index is 6.57. The minimum Gasteiger partial charge on any atom is -0.456 e. The van der Waals surface area contributed by atoms with E-state index >= 15 is 0 Å². The van der Waals surface area contributed by atoms with Crippen molar-refractivity contribution in [2.75, 3.05) is 5.32 Å². The van der Waals surface area contributed by atoms with E-state index in [4.69, 9.17) is 4.42 Å². The smallest absolute Gasteiger partial charge is 0.197 e. The van der Waals surface area contributed by atoms with Crippen LogP contribution in [0.15, 0.2) is 144 Å². The molecule has 3 aliphatic rings. The number of para-hydroxylation sites is 1. The summed E-state index contributed by atoms with van der Waals surface area (Å²) in [5.41, 5.74) is 25.8. The lowest BCUT2D eigenvalue weighted by atomic mass is 9.58. The van der Waals surface area contributed by atoms with Crippen LogP contribution in [0, 0.1) is 0 Å². The van der Waals surface area contributed by atoms with Gasteiger partial charge in [-0.1, -0.05) is 166 Å². The van der Waals surface area contributed by atoms with Crippen LogP contribution in [0.4, 0.5) is 11.4 Å². The van der Waals surface area contributed by atoms with Gasteiger partial charge in [-0.15, -0.1) is 0 Å². The second-order valence-electron chi connectivity index (χ2n) is 22.5. The molecule has 1 aliphatic heterocycles. The average molecular weight is 854 g/mol. The van der Waals surface area contributed by atoms with Gasteiger partial charge in [0.25, 0.3) is 0 Å². The number of furan rings is 1. The molecular weight excluding hydrogens is 800 g/mol. The van der Waals surface area contributed by atoms with Gasteiger partial charge in [-0.3, -0.25) is 0 Å². The summed E-state index contributed by atoms with van der Waals surface area (Å²) in [6.07, 6.45) is 0. The van der Waals surface area contributed by atoms with Crippen LogP contribution in [0.2, 0.25) is 0 Å². The van der Waals surface area contributed by atoms with Crippen molar-refractivity contribution in [3.8, 4) is 39.1 Å². The predicted octanol–water partition coefficient (Wildman–Crippen LogP) is 15.3. The van der Waals surface area contributed by atoms with Gasteiger partial charge in [0.05, 0.1) is 5.52 Å². The molecule has 0 fully saturated rings. The van der Waals surface area contributed by atoms with E-state index < -0.39 is 0 Å². The molecule has 8 aromatic carbocycles. The third-order valence-electron chi connectivity index (χ3n) is 15.7. The highest BCUT2D eigenvalue weighted by Crippen LogP contribution is 2.54. The summed E-state index contributed by atoms with van der Waals surface area (Å²) in [6, 6.07) is 53.0. The van der Waals surface area contributed by atoms with Crippen LogP contribution in [0.1, 0.15) is 103 Å². The first kappa shape index (κ1) is 39.6. The van der Waals surface area contributed by atoms with Crippen molar-refractivity contribution in [2.24, 2.45) is 0 Å². The molecule has 0 atom stereocenters. The number of aromatic nitrogens is 1. The van der Waals surface area contributed by atoms with Gasteiger partial charge in [-0.25, -0.2) is 0 Å². The molecule has 0 bridgehead atoms. The van der Waals surface area contributed by atoms with E-state index in [9.17, 15) is 0 Å². The first-order chi connectivity index (χ1) is 31.5. The lowest BCUT2D eigenvalue weighted by molar-refractivity contribution is 0.584. The van der Waals surface area contributed by atoms with Gasteiger partial charge in [-0.05, 0) is 126 Å². The molecule has 2 aromatic heterocycles. The Morgan fingerprint density at radius 1 is 0.500 bits per heavy atom. The van der Waals surface area contributed by atoms with Crippen LogP contribution in [-0.4, -0.2) is 11.8 Å². The Labute approximate surface area is 388 Å². The summed E-state index contributed by atoms with van der Waals surface area (Å²) in [4.78, 5) is 0. The Morgan fingerprint density at radius 2 is 1.15 bits per heavy atom. The van der Waals surface area contributed by atoms with Crippen molar-refractivity contribution in [1.29, 1.82) is 0 Å². The van der Waals surface area contributed by atoms with E-state index in [1.165, 1.54) is 111 Å².